The third kappa shape index (κ3) is 25.6. The second-order valence-corrected chi connectivity index (χ2v) is 20.4. The van der Waals surface area contributed by atoms with E-state index in [0.717, 1.165) is 0 Å². The van der Waals surface area contributed by atoms with Crippen LogP contribution in [0.3, 0.4) is 0 Å². The minimum Gasteiger partial charge on any atom is -0.508 e. The molecule has 0 radical (unpaired) electrons. The van der Waals surface area contributed by atoms with E-state index in [4.69, 9.17) is 5.73 Å². The van der Waals surface area contributed by atoms with E-state index in [9.17, 15) is 93.0 Å². The van der Waals surface area contributed by atoms with Gasteiger partial charge in [-0.25, -0.2) is 4.79 Å². The SMILES string of the molecule is CC[C@H](C)[C@H](NC(=O)CNC(=O)[C@H](CC(=O)O)NC(=O)[C@@H](N)Cc1ccc(O)cc1)C(=O)N[C@@H](Cc1ccc(O)cc1)C(=O)NCC(=O)N[C@@H](CCC(=O)O)C(=O)N[C@@H](CC(C)C)C(=O)N[C@@H](CC(=O)O)C(=O)N[C@@H](Cc1ccccc1)C(=O)O. The van der Waals surface area contributed by atoms with Crippen molar-refractivity contribution >= 4 is 77.0 Å². The molecule has 0 aliphatic rings. The molecule has 0 unspecified atom stereocenters. The number of amides is 9. The Kier molecular flexibility index (Phi) is 28.4. The lowest BCUT2D eigenvalue weighted by Gasteiger charge is -2.27. The van der Waals surface area contributed by atoms with Crippen molar-refractivity contribution in [1.29, 1.82) is 0 Å². The molecule has 3 aromatic rings. The molecule has 9 amide bonds. The summed E-state index contributed by atoms with van der Waals surface area (Å²) in [5.74, 6) is -16.4. The monoisotopic (exact) mass is 1190 g/mol. The fourth-order valence-electron chi connectivity index (χ4n) is 8.22. The van der Waals surface area contributed by atoms with Gasteiger partial charge in [0, 0.05) is 19.3 Å². The summed E-state index contributed by atoms with van der Waals surface area (Å²) >= 11 is 0. The van der Waals surface area contributed by atoms with Gasteiger partial charge in [0.25, 0.3) is 0 Å². The van der Waals surface area contributed by atoms with E-state index >= 15 is 0 Å². The van der Waals surface area contributed by atoms with Crippen molar-refractivity contribution in [2.45, 2.75) is 134 Å². The first-order chi connectivity index (χ1) is 40.0. The first-order valence-electron chi connectivity index (χ1n) is 26.9. The second-order valence-electron chi connectivity index (χ2n) is 20.4. The molecule has 0 saturated carbocycles. The lowest BCUT2D eigenvalue weighted by atomic mass is 9.97. The molecule has 0 aromatic heterocycles. The Hall–Kier alpha value is -9.67. The van der Waals surface area contributed by atoms with Crippen LogP contribution in [0.4, 0.5) is 0 Å². The number of carbonyl (C=O) groups is 13. The molecular weight excluding hydrogens is 1120 g/mol. The van der Waals surface area contributed by atoms with Crippen LogP contribution in [0.5, 0.6) is 11.5 Å². The molecule has 0 heterocycles. The maximum Gasteiger partial charge on any atom is 0.326 e. The number of hydrogen-bond donors (Lipinski definition) is 16. The van der Waals surface area contributed by atoms with Gasteiger partial charge in [0.05, 0.1) is 32.0 Å². The Balaban J connectivity index is 1.76. The van der Waals surface area contributed by atoms with Crippen molar-refractivity contribution in [2.75, 3.05) is 13.1 Å². The molecule has 0 saturated heterocycles. The summed E-state index contributed by atoms with van der Waals surface area (Å²) < 4.78 is 0. The number of carboxylic acid groups (broad SMARTS) is 4. The van der Waals surface area contributed by atoms with Gasteiger partial charge in [-0.1, -0.05) is 88.7 Å². The molecule has 0 spiro atoms. The number of rotatable bonds is 36. The standard InChI is InChI=1S/C56H74N10O19/c1-5-30(4)48(66-44(70)28-59-51(79)40(25-46(73)74)61-49(77)36(57)22-32-11-15-34(67)16-12-32)55(83)64-39(23-33-13-17-35(68)18-14-33)50(78)58-27-43(69)60-37(19-20-45(71)72)52(80)62-38(21-29(2)3)53(81)63-41(26-47(75)76)54(82)65-42(56(84)85)24-31-9-7-6-8-10-31/h6-18,29-30,36-42,48,67-68H,5,19-28,57H2,1-4H3,(H,58,78)(H,59,79)(H,60,69)(H,61,77)(H,62,80)(H,63,81)(H,64,83)(H,65,82)(H,66,70)(H,71,72)(H,73,74)(H,75,76)(H,84,85)/t30-,36-,37-,38-,39-,40-,41-,42-,48-/m0/s1. The van der Waals surface area contributed by atoms with Crippen LogP contribution in [0.15, 0.2) is 78.9 Å². The zero-order valence-corrected chi connectivity index (χ0v) is 47.1. The first kappa shape index (κ1) is 69.6. The summed E-state index contributed by atoms with van der Waals surface area (Å²) in [5.41, 5.74) is 7.44. The van der Waals surface area contributed by atoms with Gasteiger partial charge in [-0.05, 0) is 72.1 Å². The number of phenolic OH excluding ortho intramolecular Hbond substituents is 2. The molecule has 29 nitrogen and oxygen atoms in total. The number of carboxylic acids is 4. The van der Waals surface area contributed by atoms with Crippen LogP contribution in [-0.2, 0) is 81.6 Å². The van der Waals surface area contributed by atoms with Crippen LogP contribution >= 0.6 is 0 Å². The van der Waals surface area contributed by atoms with Gasteiger partial charge in [-0.15, -0.1) is 0 Å². The molecule has 9 atom stereocenters. The van der Waals surface area contributed by atoms with Crippen molar-refractivity contribution in [3.63, 3.8) is 0 Å². The number of carbonyl (C=O) groups excluding carboxylic acids is 9. The average Bonchev–Trinajstić information content (AvgIpc) is 3.50. The van der Waals surface area contributed by atoms with Gasteiger partial charge in [-0.2, -0.15) is 0 Å². The fourth-order valence-corrected chi connectivity index (χ4v) is 8.22. The molecule has 0 fully saturated rings. The molecule has 17 N–H and O–H groups in total. The quantitative estimate of drug-likeness (QED) is 0.0301. The summed E-state index contributed by atoms with van der Waals surface area (Å²) in [7, 11) is 0. The van der Waals surface area contributed by atoms with Crippen molar-refractivity contribution in [3.8, 4) is 11.5 Å². The summed E-state index contributed by atoms with van der Waals surface area (Å²) in [6.07, 6.45) is -3.60. The summed E-state index contributed by atoms with van der Waals surface area (Å²) in [6, 6.07) is 6.83. The third-order valence-corrected chi connectivity index (χ3v) is 13.0. The van der Waals surface area contributed by atoms with E-state index in [1.54, 1.807) is 58.0 Å². The van der Waals surface area contributed by atoms with Crippen LogP contribution in [0.2, 0.25) is 0 Å². The largest absolute Gasteiger partial charge is 0.508 e. The van der Waals surface area contributed by atoms with Gasteiger partial charge >= 0.3 is 23.9 Å². The van der Waals surface area contributed by atoms with E-state index in [1.165, 1.54) is 48.5 Å². The second kappa shape index (κ2) is 34.7. The molecule has 29 heteroatoms. The van der Waals surface area contributed by atoms with Crippen molar-refractivity contribution in [1.82, 2.24) is 47.9 Å². The molecule has 0 aliphatic heterocycles. The molecule has 3 rings (SSSR count). The number of hydrogen-bond acceptors (Lipinski definition) is 16. The Morgan fingerprint density at radius 1 is 0.447 bits per heavy atom. The van der Waals surface area contributed by atoms with Gasteiger partial charge < -0.3 is 84.2 Å². The molecule has 85 heavy (non-hydrogen) atoms. The number of nitrogens with two attached hydrogens (primary N) is 1. The number of benzene rings is 3. The zero-order chi connectivity index (χ0) is 63.5. The summed E-state index contributed by atoms with van der Waals surface area (Å²) in [5, 5.41) is 78.9. The number of phenols is 2. The minimum absolute atomic E-state index is 0.0342. The highest BCUT2D eigenvalue weighted by molar-refractivity contribution is 5.98. The normalized spacial score (nSPS) is 14.1. The highest BCUT2D eigenvalue weighted by Gasteiger charge is 2.35. The molecule has 462 valence electrons. The van der Waals surface area contributed by atoms with Crippen LogP contribution < -0.4 is 53.6 Å². The predicted octanol–water partition coefficient (Wildman–Crippen LogP) is -1.93. The van der Waals surface area contributed by atoms with Gasteiger partial charge in [0.15, 0.2) is 0 Å². The Bertz CT molecular complexity index is 2840. The first-order valence-corrected chi connectivity index (χ1v) is 26.9. The zero-order valence-electron chi connectivity index (χ0n) is 47.1. The third-order valence-electron chi connectivity index (χ3n) is 13.0. The van der Waals surface area contributed by atoms with Crippen LogP contribution in [0.25, 0.3) is 0 Å². The molecule has 0 bridgehead atoms. The van der Waals surface area contributed by atoms with E-state index in [0.29, 0.717) is 16.7 Å². The van der Waals surface area contributed by atoms with Crippen LogP contribution in [-0.4, -0.2) is 169 Å². The Morgan fingerprint density at radius 2 is 0.871 bits per heavy atom. The highest BCUT2D eigenvalue weighted by atomic mass is 16.4. The van der Waals surface area contributed by atoms with Gasteiger partial charge in [0.1, 0.15) is 53.8 Å². The number of nitrogens with one attached hydrogen (secondary N) is 9. The molecular formula is C56H74N10O19. The van der Waals surface area contributed by atoms with E-state index in [1.807, 2.05) is 0 Å². The smallest absolute Gasteiger partial charge is 0.326 e. The number of aromatic hydroxyl groups is 2. The lowest BCUT2D eigenvalue weighted by Crippen LogP contribution is -2.59. The average molecular weight is 1190 g/mol. The Labute approximate surface area is 488 Å². The van der Waals surface area contributed by atoms with Crippen molar-refractivity contribution in [2.24, 2.45) is 17.6 Å². The van der Waals surface area contributed by atoms with Gasteiger partial charge in [-0.3, -0.25) is 57.5 Å². The lowest BCUT2D eigenvalue weighted by molar-refractivity contribution is -0.144. The fraction of sp³-hybridized carbons (Fsp3) is 0.446. The van der Waals surface area contributed by atoms with Crippen molar-refractivity contribution in [3.05, 3.63) is 95.6 Å². The van der Waals surface area contributed by atoms with E-state index in [-0.39, 0.29) is 49.5 Å². The van der Waals surface area contributed by atoms with Crippen LogP contribution in [0.1, 0.15) is 82.9 Å². The van der Waals surface area contributed by atoms with Crippen molar-refractivity contribution < 1.29 is 93.0 Å². The number of aliphatic carboxylic acids is 4. The maximum absolute atomic E-state index is 14.1. The van der Waals surface area contributed by atoms with Gasteiger partial charge in [0.2, 0.25) is 53.2 Å². The summed E-state index contributed by atoms with van der Waals surface area (Å²) in [6.45, 7) is 4.83. The summed E-state index contributed by atoms with van der Waals surface area (Å²) in [4.78, 5) is 169. The minimum atomic E-state index is -1.85. The molecule has 0 aliphatic carbocycles. The topological polar surface area (TPSA) is 478 Å². The predicted molar refractivity (Wildman–Crippen MR) is 299 cm³/mol. The van der Waals surface area contributed by atoms with E-state index in [2.05, 4.69) is 47.9 Å². The molecule has 3 aromatic carbocycles. The van der Waals surface area contributed by atoms with Crippen LogP contribution in [0, 0.1) is 11.8 Å². The highest BCUT2D eigenvalue weighted by Crippen LogP contribution is 2.15. The van der Waals surface area contributed by atoms with E-state index < -0.39 is 170 Å². The Morgan fingerprint density at radius 3 is 1.38 bits per heavy atom. The maximum atomic E-state index is 14.1.